The third-order valence-corrected chi connectivity index (χ3v) is 5.43. The minimum Gasteiger partial charge on any atom is -0.316 e. The van der Waals surface area contributed by atoms with Crippen LogP contribution in [0.25, 0.3) is 0 Å². The van der Waals surface area contributed by atoms with E-state index in [-0.39, 0.29) is 5.82 Å². The Morgan fingerprint density at radius 3 is 2.48 bits per heavy atom. The number of halogens is 2. The molecule has 0 bridgehead atoms. The van der Waals surface area contributed by atoms with Crippen LogP contribution in [0.2, 0.25) is 0 Å². The first-order chi connectivity index (χ1) is 9.97. The number of benzene rings is 1. The molecule has 0 saturated heterocycles. The monoisotopic (exact) mass is 355 g/mol. The van der Waals surface area contributed by atoms with Crippen molar-refractivity contribution in [2.24, 2.45) is 11.3 Å². The molecule has 2 rings (SSSR count). The van der Waals surface area contributed by atoms with Crippen molar-refractivity contribution < 1.29 is 4.39 Å². The van der Waals surface area contributed by atoms with E-state index in [1.807, 2.05) is 19.2 Å². The largest absolute Gasteiger partial charge is 0.316 e. The Balaban J connectivity index is 2.20. The molecule has 1 atom stereocenters. The molecule has 21 heavy (non-hydrogen) atoms. The zero-order valence-electron chi connectivity index (χ0n) is 13.4. The molecule has 0 amide bonds. The highest BCUT2D eigenvalue weighted by molar-refractivity contribution is 9.10. The van der Waals surface area contributed by atoms with Gasteiger partial charge in [-0.2, -0.15) is 0 Å². The minimum absolute atomic E-state index is 0.0951. The first-order valence-corrected chi connectivity index (χ1v) is 8.87. The Labute approximate surface area is 136 Å². The van der Waals surface area contributed by atoms with Gasteiger partial charge in [-0.15, -0.1) is 0 Å². The molecule has 0 heterocycles. The van der Waals surface area contributed by atoms with Crippen LogP contribution in [0.5, 0.6) is 0 Å². The van der Waals surface area contributed by atoms with Crippen LogP contribution >= 0.6 is 15.9 Å². The maximum absolute atomic E-state index is 14.2. The van der Waals surface area contributed by atoms with Gasteiger partial charge in [-0.05, 0) is 61.8 Å². The Kier molecular flexibility index (Phi) is 5.84. The predicted octanol–water partition coefficient (Wildman–Crippen LogP) is 5.33. The summed E-state index contributed by atoms with van der Waals surface area (Å²) in [5.74, 6) is 0.594. The van der Waals surface area contributed by atoms with Gasteiger partial charge in [0.1, 0.15) is 5.82 Å². The maximum Gasteiger partial charge on any atom is 0.127 e. The first-order valence-electron chi connectivity index (χ1n) is 8.08. The molecule has 1 N–H and O–H groups in total. The number of hydrogen-bond donors (Lipinski definition) is 1. The molecule has 0 aliphatic heterocycles. The third kappa shape index (κ3) is 4.07. The summed E-state index contributed by atoms with van der Waals surface area (Å²) >= 11 is 3.33. The van der Waals surface area contributed by atoms with E-state index in [9.17, 15) is 4.39 Å². The molecule has 1 aromatic rings. The van der Waals surface area contributed by atoms with Crippen LogP contribution < -0.4 is 5.32 Å². The van der Waals surface area contributed by atoms with Crippen molar-refractivity contribution in [2.45, 2.75) is 58.4 Å². The molecule has 1 aliphatic carbocycles. The van der Waals surface area contributed by atoms with Crippen LogP contribution in [-0.2, 0) is 6.42 Å². The Morgan fingerprint density at radius 1 is 1.29 bits per heavy atom. The maximum atomic E-state index is 14.2. The van der Waals surface area contributed by atoms with Crippen molar-refractivity contribution in [2.75, 3.05) is 7.05 Å². The lowest BCUT2D eigenvalue weighted by molar-refractivity contribution is 0.159. The summed E-state index contributed by atoms with van der Waals surface area (Å²) in [6, 6.07) is 5.79. The second-order valence-electron chi connectivity index (χ2n) is 6.95. The molecule has 3 heteroatoms. The molecule has 1 saturated carbocycles. The fourth-order valence-corrected chi connectivity index (χ4v) is 4.45. The molecule has 0 radical (unpaired) electrons. The van der Waals surface area contributed by atoms with E-state index in [0.717, 1.165) is 16.5 Å². The lowest BCUT2D eigenvalue weighted by atomic mass is 9.71. The molecule has 1 aliphatic rings. The van der Waals surface area contributed by atoms with Crippen molar-refractivity contribution in [3.8, 4) is 0 Å². The summed E-state index contributed by atoms with van der Waals surface area (Å²) in [6.45, 7) is 4.60. The summed E-state index contributed by atoms with van der Waals surface area (Å²) in [6.07, 6.45) is 7.18. The van der Waals surface area contributed by atoms with Crippen LogP contribution in [-0.4, -0.2) is 13.1 Å². The van der Waals surface area contributed by atoms with Crippen LogP contribution in [0.15, 0.2) is 22.7 Å². The number of nitrogens with one attached hydrogen (secondary N) is 1. The predicted molar refractivity (Wildman–Crippen MR) is 91.0 cm³/mol. The highest BCUT2D eigenvalue weighted by atomic mass is 79.9. The van der Waals surface area contributed by atoms with Gasteiger partial charge in [-0.1, -0.05) is 48.7 Å². The van der Waals surface area contributed by atoms with E-state index in [1.165, 1.54) is 32.1 Å². The number of rotatable bonds is 6. The highest BCUT2D eigenvalue weighted by Gasteiger charge is 2.40. The van der Waals surface area contributed by atoms with Gasteiger partial charge < -0.3 is 5.32 Å². The van der Waals surface area contributed by atoms with E-state index in [1.54, 1.807) is 6.07 Å². The molecule has 0 aromatic heterocycles. The summed E-state index contributed by atoms with van der Waals surface area (Å²) < 4.78 is 15.0. The fraction of sp³-hybridized carbons (Fsp3) is 0.667. The first kappa shape index (κ1) is 17.0. The van der Waals surface area contributed by atoms with Gasteiger partial charge in [0, 0.05) is 10.5 Å². The van der Waals surface area contributed by atoms with Gasteiger partial charge in [-0.25, -0.2) is 4.39 Å². The SMILES string of the molecule is CNC(Cc1ccc(Br)cc1F)C1(CC(C)C)CCCC1. The lowest BCUT2D eigenvalue weighted by Crippen LogP contribution is -2.44. The van der Waals surface area contributed by atoms with Gasteiger partial charge in [0.15, 0.2) is 0 Å². The van der Waals surface area contributed by atoms with E-state index >= 15 is 0 Å². The Hall–Kier alpha value is -0.410. The summed E-state index contributed by atoms with van der Waals surface area (Å²) in [7, 11) is 2.03. The van der Waals surface area contributed by atoms with Crippen LogP contribution in [0.4, 0.5) is 4.39 Å². The summed E-state index contributed by atoms with van der Waals surface area (Å²) in [5, 5.41) is 3.50. The minimum atomic E-state index is -0.0951. The van der Waals surface area contributed by atoms with E-state index in [4.69, 9.17) is 0 Å². The van der Waals surface area contributed by atoms with Crippen LogP contribution in [0.1, 0.15) is 51.5 Å². The van der Waals surface area contributed by atoms with Crippen molar-refractivity contribution in [1.82, 2.24) is 5.32 Å². The molecule has 118 valence electrons. The van der Waals surface area contributed by atoms with Gasteiger partial charge in [0.2, 0.25) is 0 Å². The lowest BCUT2D eigenvalue weighted by Gasteiger charge is -2.39. The van der Waals surface area contributed by atoms with Crippen molar-refractivity contribution in [3.05, 3.63) is 34.1 Å². The third-order valence-electron chi connectivity index (χ3n) is 4.94. The molecule has 0 spiro atoms. The van der Waals surface area contributed by atoms with Crippen molar-refractivity contribution in [3.63, 3.8) is 0 Å². The quantitative estimate of drug-likeness (QED) is 0.727. The van der Waals surface area contributed by atoms with Gasteiger partial charge in [0.05, 0.1) is 0 Å². The molecular weight excluding hydrogens is 329 g/mol. The summed E-state index contributed by atoms with van der Waals surface area (Å²) in [5.41, 5.74) is 1.16. The average Bonchev–Trinajstić information content (AvgIpc) is 2.86. The van der Waals surface area contributed by atoms with E-state index < -0.39 is 0 Å². The smallest absolute Gasteiger partial charge is 0.127 e. The zero-order valence-corrected chi connectivity index (χ0v) is 15.0. The molecule has 1 aromatic carbocycles. The fourth-order valence-electron chi connectivity index (χ4n) is 4.12. The Bertz CT molecular complexity index is 466. The Morgan fingerprint density at radius 2 is 1.95 bits per heavy atom. The van der Waals surface area contributed by atoms with Gasteiger partial charge in [-0.3, -0.25) is 0 Å². The number of likely N-dealkylation sites (N-methyl/N-ethyl adjacent to an activating group) is 1. The van der Waals surface area contributed by atoms with Crippen LogP contribution in [0, 0.1) is 17.2 Å². The van der Waals surface area contributed by atoms with Crippen molar-refractivity contribution >= 4 is 15.9 Å². The van der Waals surface area contributed by atoms with E-state index in [2.05, 4.69) is 35.1 Å². The second-order valence-corrected chi connectivity index (χ2v) is 7.86. The van der Waals surface area contributed by atoms with Crippen LogP contribution in [0.3, 0.4) is 0 Å². The zero-order chi connectivity index (χ0) is 15.5. The molecule has 1 unspecified atom stereocenters. The van der Waals surface area contributed by atoms with Gasteiger partial charge in [0.25, 0.3) is 0 Å². The molecule has 1 fully saturated rings. The normalized spacial score (nSPS) is 19.1. The number of hydrogen-bond acceptors (Lipinski definition) is 1. The average molecular weight is 356 g/mol. The van der Waals surface area contributed by atoms with Gasteiger partial charge >= 0.3 is 0 Å². The molecule has 1 nitrogen and oxygen atoms in total. The van der Waals surface area contributed by atoms with E-state index in [0.29, 0.717) is 17.4 Å². The highest BCUT2D eigenvalue weighted by Crippen LogP contribution is 2.46. The summed E-state index contributed by atoms with van der Waals surface area (Å²) in [4.78, 5) is 0. The second kappa shape index (κ2) is 7.23. The topological polar surface area (TPSA) is 12.0 Å². The molecular formula is C18H27BrFN. The van der Waals surface area contributed by atoms with Crippen molar-refractivity contribution in [1.29, 1.82) is 0 Å². The standard InChI is InChI=1S/C18H27BrFN/c1-13(2)12-18(8-4-5-9-18)17(21-3)10-14-6-7-15(19)11-16(14)20/h6-7,11,13,17,21H,4-5,8-10,12H2,1-3H3.